The molecule has 0 saturated carbocycles. The van der Waals surface area contributed by atoms with Crippen LogP contribution in [-0.4, -0.2) is 62.7 Å². The van der Waals surface area contributed by atoms with Crippen LogP contribution in [0.25, 0.3) is 0 Å². The summed E-state index contributed by atoms with van der Waals surface area (Å²) in [6.45, 7) is 9.75. The molecule has 1 aromatic rings. The first-order chi connectivity index (χ1) is 16.0. The lowest BCUT2D eigenvalue weighted by molar-refractivity contribution is -0.162. The number of amides is 2. The van der Waals surface area contributed by atoms with Crippen molar-refractivity contribution in [1.82, 2.24) is 10.2 Å². The van der Waals surface area contributed by atoms with Gasteiger partial charge in [0.2, 0.25) is 5.91 Å². The van der Waals surface area contributed by atoms with Gasteiger partial charge in [-0.15, -0.1) is 11.8 Å². The van der Waals surface area contributed by atoms with Gasteiger partial charge in [0.25, 0.3) is 5.91 Å². The number of hydrogen-bond donors (Lipinski definition) is 2. The number of benzene rings is 1. The Morgan fingerprint density at radius 2 is 1.91 bits per heavy atom. The fraction of sp³-hybridized carbons (Fsp3) is 0.640. The molecule has 9 heteroatoms. The van der Waals surface area contributed by atoms with Crippen molar-refractivity contribution in [2.75, 3.05) is 7.11 Å². The number of carboxylic acid groups (broad SMARTS) is 1. The lowest BCUT2D eigenvalue weighted by Gasteiger charge is -2.45. The van der Waals surface area contributed by atoms with E-state index in [0.29, 0.717) is 24.3 Å². The van der Waals surface area contributed by atoms with Gasteiger partial charge < -0.3 is 24.8 Å². The normalized spacial score (nSPS) is 24.7. The van der Waals surface area contributed by atoms with Gasteiger partial charge in [0, 0.05) is 4.75 Å². The summed E-state index contributed by atoms with van der Waals surface area (Å²) in [5, 5.41) is 12.2. The van der Waals surface area contributed by atoms with Crippen molar-refractivity contribution < 1.29 is 29.0 Å². The molecule has 0 bridgehead atoms. The Kier molecular flexibility index (Phi) is 7.75. The summed E-state index contributed by atoms with van der Waals surface area (Å²) in [6, 6.07) is 5.51. The predicted molar refractivity (Wildman–Crippen MR) is 131 cm³/mol. The molecule has 2 saturated heterocycles. The molecule has 188 valence electrons. The minimum Gasteiger partial charge on any atom is -0.493 e. The molecule has 2 amide bonds. The van der Waals surface area contributed by atoms with Crippen LogP contribution < -0.4 is 14.8 Å². The highest BCUT2D eigenvalue weighted by Crippen LogP contribution is 2.51. The Bertz CT molecular complexity index is 936. The molecule has 0 aliphatic carbocycles. The van der Waals surface area contributed by atoms with Crippen LogP contribution >= 0.6 is 11.8 Å². The van der Waals surface area contributed by atoms with Crippen LogP contribution in [0.15, 0.2) is 24.3 Å². The van der Waals surface area contributed by atoms with Crippen molar-refractivity contribution in [3.63, 3.8) is 0 Å². The summed E-state index contributed by atoms with van der Waals surface area (Å²) in [5.74, 6) is -0.591. The van der Waals surface area contributed by atoms with Gasteiger partial charge in [0.15, 0.2) is 17.1 Å². The number of nitrogens with zero attached hydrogens (tertiary/aromatic N) is 1. The first kappa shape index (κ1) is 26.2. The summed E-state index contributed by atoms with van der Waals surface area (Å²) < 4.78 is 11.2. The zero-order chi connectivity index (χ0) is 25.3. The number of carboxylic acids is 1. The van der Waals surface area contributed by atoms with Gasteiger partial charge in [-0.25, -0.2) is 4.79 Å². The molecule has 1 unspecified atom stereocenters. The zero-order valence-electron chi connectivity index (χ0n) is 20.8. The average Bonchev–Trinajstić information content (AvgIpc) is 3.03. The topological polar surface area (TPSA) is 105 Å². The molecule has 4 atom stereocenters. The smallest absolute Gasteiger partial charge is 0.327 e. The van der Waals surface area contributed by atoms with Crippen molar-refractivity contribution >= 4 is 29.5 Å². The summed E-state index contributed by atoms with van der Waals surface area (Å²) in [7, 11) is 1.55. The molecular weight excluding hydrogens is 456 g/mol. The molecule has 2 fully saturated rings. The van der Waals surface area contributed by atoms with E-state index in [4.69, 9.17) is 9.47 Å². The highest BCUT2D eigenvalue weighted by molar-refractivity contribution is 8.01. The van der Waals surface area contributed by atoms with Crippen molar-refractivity contribution in [3.8, 4) is 11.5 Å². The molecule has 0 radical (unpaired) electrons. The van der Waals surface area contributed by atoms with Crippen molar-refractivity contribution in [1.29, 1.82) is 0 Å². The fourth-order valence-corrected chi connectivity index (χ4v) is 6.53. The number of nitrogens with one attached hydrogen (secondary N) is 1. The maximum absolute atomic E-state index is 13.9. The molecule has 2 aliphatic rings. The number of para-hydroxylation sites is 2. The zero-order valence-corrected chi connectivity index (χ0v) is 21.6. The average molecular weight is 493 g/mol. The van der Waals surface area contributed by atoms with Gasteiger partial charge in [-0.2, -0.15) is 0 Å². The van der Waals surface area contributed by atoms with Crippen LogP contribution in [0.4, 0.5) is 0 Å². The number of carbonyl (C=O) groups is 3. The molecular formula is C25H36N2O6S. The second-order valence-electron chi connectivity index (χ2n) is 10.00. The van der Waals surface area contributed by atoms with Crippen molar-refractivity contribution in [2.24, 2.45) is 5.92 Å². The molecule has 0 aromatic heterocycles. The number of aliphatic carboxylic acids is 1. The molecule has 2 heterocycles. The van der Waals surface area contributed by atoms with E-state index in [0.717, 1.165) is 12.8 Å². The molecule has 0 spiro atoms. The third kappa shape index (κ3) is 4.85. The van der Waals surface area contributed by atoms with E-state index in [1.165, 1.54) is 16.7 Å². The van der Waals surface area contributed by atoms with Gasteiger partial charge >= 0.3 is 5.97 Å². The second kappa shape index (κ2) is 10.1. The Morgan fingerprint density at radius 1 is 1.26 bits per heavy atom. The summed E-state index contributed by atoms with van der Waals surface area (Å²) in [4.78, 5) is 40.0. The molecule has 8 nitrogen and oxygen atoms in total. The number of rotatable bonds is 11. The number of hydrogen-bond acceptors (Lipinski definition) is 6. The van der Waals surface area contributed by atoms with Crippen LogP contribution in [0.3, 0.4) is 0 Å². The minimum absolute atomic E-state index is 0.155. The van der Waals surface area contributed by atoms with Gasteiger partial charge in [0.1, 0.15) is 17.5 Å². The number of thioether (sulfide) groups is 1. The van der Waals surface area contributed by atoms with E-state index in [1.54, 1.807) is 19.2 Å². The van der Waals surface area contributed by atoms with Crippen LogP contribution in [0.1, 0.15) is 60.3 Å². The Morgan fingerprint density at radius 3 is 2.47 bits per heavy atom. The Hall–Kier alpha value is -2.42. The van der Waals surface area contributed by atoms with E-state index in [-0.39, 0.29) is 17.7 Å². The summed E-state index contributed by atoms with van der Waals surface area (Å²) in [5.41, 5.74) is -1.19. The monoisotopic (exact) mass is 492 g/mol. The molecule has 3 rings (SSSR count). The number of ether oxygens (including phenoxy) is 2. The maximum Gasteiger partial charge on any atom is 0.327 e. The largest absolute Gasteiger partial charge is 0.493 e. The number of unbranched alkanes of at least 4 members (excludes halogenated alkanes) is 1. The quantitative estimate of drug-likeness (QED) is 0.454. The lowest BCUT2D eigenvalue weighted by atomic mass is 9.85. The fourth-order valence-electron chi connectivity index (χ4n) is 4.90. The van der Waals surface area contributed by atoms with E-state index < -0.39 is 33.8 Å². The van der Waals surface area contributed by atoms with E-state index in [9.17, 15) is 19.5 Å². The lowest BCUT2D eigenvalue weighted by Crippen LogP contribution is -2.72. The number of carbonyl (C=O) groups excluding carboxylic acids is 2. The number of β-lactam (4-membered cyclic amide) rings is 1. The molecule has 2 N–H and O–H groups in total. The van der Waals surface area contributed by atoms with Gasteiger partial charge in [-0.1, -0.05) is 39.3 Å². The molecule has 34 heavy (non-hydrogen) atoms. The first-order valence-corrected chi connectivity index (χ1v) is 12.7. The maximum atomic E-state index is 13.9. The highest BCUT2D eigenvalue weighted by atomic mass is 32.2. The van der Waals surface area contributed by atoms with Gasteiger partial charge in [-0.3, -0.25) is 9.59 Å². The van der Waals surface area contributed by atoms with E-state index in [2.05, 4.69) is 12.2 Å². The molecule has 1 aromatic carbocycles. The Labute approximate surface area is 205 Å². The highest BCUT2D eigenvalue weighted by Gasteiger charge is 2.64. The van der Waals surface area contributed by atoms with Gasteiger partial charge in [-0.05, 0) is 51.2 Å². The second-order valence-corrected chi connectivity index (χ2v) is 11.8. The summed E-state index contributed by atoms with van der Waals surface area (Å²) in [6.07, 6.45) is 2.59. The van der Waals surface area contributed by atoms with Crippen LogP contribution in [0.5, 0.6) is 11.5 Å². The van der Waals surface area contributed by atoms with Crippen molar-refractivity contribution in [3.05, 3.63) is 24.3 Å². The van der Waals surface area contributed by atoms with Crippen molar-refractivity contribution in [2.45, 2.75) is 88.1 Å². The molecule has 2 aliphatic heterocycles. The SMILES string of the molecule is CCCCC(CC(C)C)(Oc1ccccc1OC)C(=O)N[C@@H]1C(=O)N2[C@@H]1SC(C)(C)[C@@H]2C(=O)O. The standard InChI is InChI=1S/C25H36N2O6S/c1-7-8-13-25(14-15(2)3,33-17-12-10-9-11-16(17)32-6)23(31)26-18-20(28)27-19(22(29)30)24(4,5)34-21(18)27/h9-12,15,18-19,21H,7-8,13-14H2,1-6H3,(H,26,31)(H,29,30)/t18-,19+,21-,25?/m1/s1. The van der Waals surface area contributed by atoms with Crippen LogP contribution in [0, 0.1) is 5.92 Å². The number of methoxy groups -OCH3 is 1. The third-order valence-electron chi connectivity index (χ3n) is 6.42. The Balaban J connectivity index is 1.90. The van der Waals surface area contributed by atoms with E-state index in [1.807, 2.05) is 39.8 Å². The number of fused-ring (bicyclic) bond motifs is 1. The minimum atomic E-state index is -1.19. The van der Waals surface area contributed by atoms with E-state index >= 15 is 0 Å². The van der Waals surface area contributed by atoms with Gasteiger partial charge in [0.05, 0.1) is 7.11 Å². The van der Waals surface area contributed by atoms with Crippen LogP contribution in [-0.2, 0) is 14.4 Å². The van der Waals surface area contributed by atoms with Crippen LogP contribution in [0.2, 0.25) is 0 Å². The summed E-state index contributed by atoms with van der Waals surface area (Å²) >= 11 is 1.41. The first-order valence-electron chi connectivity index (χ1n) is 11.8. The predicted octanol–water partition coefficient (Wildman–Crippen LogP) is 3.68. The third-order valence-corrected chi connectivity index (χ3v) is 7.99.